The lowest BCUT2D eigenvalue weighted by molar-refractivity contribution is -0.135. The molecule has 14 nitrogen and oxygen atoms in total. The molecule has 0 radical (unpaired) electrons. The van der Waals surface area contributed by atoms with Crippen LogP contribution in [-0.4, -0.2) is 153 Å². The van der Waals surface area contributed by atoms with Crippen molar-refractivity contribution in [3.8, 4) is 0 Å². The number of nitrogens with one attached hydrogen (secondary N) is 1. The van der Waals surface area contributed by atoms with E-state index in [4.69, 9.17) is 21.1 Å². The minimum absolute atomic E-state index is 0.0945. The zero-order chi connectivity index (χ0) is 69.7. The van der Waals surface area contributed by atoms with Crippen LogP contribution in [0.3, 0.4) is 0 Å². The molecule has 4 aromatic rings. The second kappa shape index (κ2) is 41.4. The summed E-state index contributed by atoms with van der Waals surface area (Å²) in [6.45, 7) is 63.4. The zero-order valence-electron chi connectivity index (χ0n) is 62.7. The number of aromatic nitrogens is 4. The van der Waals surface area contributed by atoms with E-state index in [2.05, 4.69) is 196 Å². The quantitative estimate of drug-likeness (QED) is 0.164. The zero-order valence-corrected chi connectivity index (χ0v) is 63.5. The van der Waals surface area contributed by atoms with Crippen LogP contribution in [0.15, 0.2) is 60.9 Å². The van der Waals surface area contributed by atoms with E-state index in [0.29, 0.717) is 53.8 Å². The lowest BCUT2D eigenvalue weighted by Crippen LogP contribution is -2.50. The maximum absolute atomic E-state index is 11.3. The number of anilines is 1. The van der Waals surface area contributed by atoms with E-state index in [1.165, 1.54) is 53.8 Å². The summed E-state index contributed by atoms with van der Waals surface area (Å²) in [5.41, 5.74) is 9.80. The molecule has 2 amide bonds. The number of ether oxygens (including phenoxy) is 2. The van der Waals surface area contributed by atoms with Gasteiger partial charge in [0.15, 0.2) is 0 Å². The normalized spacial score (nSPS) is 20.9. The first-order valence-electron chi connectivity index (χ1n) is 35.1. The van der Waals surface area contributed by atoms with E-state index in [1.807, 2.05) is 76.6 Å². The number of aryl methyl sites for hydroxylation is 5. The highest BCUT2D eigenvalue weighted by Gasteiger charge is 2.39. The molecule has 0 bridgehead atoms. The number of halogens is 1. The first-order chi connectivity index (χ1) is 42.9. The summed E-state index contributed by atoms with van der Waals surface area (Å²) in [4.78, 5) is 48.3. The van der Waals surface area contributed by atoms with Gasteiger partial charge in [0.1, 0.15) is 12.4 Å². The number of rotatable bonds is 9. The van der Waals surface area contributed by atoms with Gasteiger partial charge in [-0.15, -0.1) is 0 Å². The summed E-state index contributed by atoms with van der Waals surface area (Å²) in [5.74, 6) is 5.15. The van der Waals surface area contributed by atoms with E-state index in [0.717, 1.165) is 118 Å². The third-order valence-electron chi connectivity index (χ3n) is 18.7. The molecule has 1 saturated carbocycles. The Labute approximate surface area is 567 Å². The predicted molar refractivity (Wildman–Crippen MR) is 388 cm³/mol. The number of hydrogen-bond acceptors (Lipinski definition) is 12. The van der Waals surface area contributed by atoms with Gasteiger partial charge in [-0.05, 0) is 223 Å². The van der Waals surface area contributed by atoms with Crippen molar-refractivity contribution in [2.75, 3.05) is 77.1 Å². The lowest BCUT2D eigenvalue weighted by atomic mass is 9.68. The Morgan fingerprint density at radius 1 is 0.609 bits per heavy atom. The highest BCUT2D eigenvalue weighted by Crippen LogP contribution is 2.43. The van der Waals surface area contributed by atoms with Crippen molar-refractivity contribution in [1.82, 2.24) is 40.0 Å². The third-order valence-corrected chi connectivity index (χ3v) is 18.9. The van der Waals surface area contributed by atoms with Gasteiger partial charge in [-0.1, -0.05) is 113 Å². The van der Waals surface area contributed by atoms with E-state index >= 15 is 0 Å². The van der Waals surface area contributed by atoms with Crippen LogP contribution in [-0.2, 0) is 19.1 Å². The number of pyridine rings is 4. The number of nitrogens with zero attached hydrogens (tertiary/aromatic N) is 8. The van der Waals surface area contributed by atoms with E-state index in [1.54, 1.807) is 6.20 Å². The van der Waals surface area contributed by atoms with Crippen molar-refractivity contribution in [3.63, 3.8) is 0 Å². The SMILES string of the molecule is CC(C)N1CCCOCC1=O.CC(C)N1CCN(c2ccccn2)CC1.CC(C)N1CCNCC1=O.CC(C)[C@@]1(C)CCOC(C)(C)C1.CC1CCC(O)(C(C)C)CC1.Cc1ccc(C(C)C)c(C)n1.Cc1ccc(C(C)C)c(C)n1.Cc1ncc(Cl)cc1C(C)C. The average Bonchev–Trinajstić information content (AvgIpc) is 3.65. The van der Waals surface area contributed by atoms with Crippen LogP contribution in [0.4, 0.5) is 5.82 Å². The molecule has 4 aliphatic heterocycles. The summed E-state index contributed by atoms with van der Waals surface area (Å²) in [6.07, 6.45) is 11.3. The van der Waals surface area contributed by atoms with Gasteiger partial charge in [-0.3, -0.25) is 29.4 Å². The number of aliphatic hydroxyl groups is 1. The highest BCUT2D eigenvalue weighted by atomic mass is 35.5. The Hall–Kier alpha value is -4.57. The number of carbonyl (C=O) groups is 2. The molecule has 5 aliphatic rings. The van der Waals surface area contributed by atoms with Gasteiger partial charge in [-0.25, -0.2) is 4.98 Å². The number of piperazine rings is 2. The molecule has 1 atom stereocenters. The molecular formula is C77H132ClN9O5. The molecule has 2 N–H and O–H groups in total. The maximum Gasteiger partial charge on any atom is 0.248 e. The molecule has 0 aromatic carbocycles. The first kappa shape index (κ1) is 83.5. The van der Waals surface area contributed by atoms with Crippen LogP contribution in [0.1, 0.15) is 246 Å². The fourth-order valence-corrected chi connectivity index (χ4v) is 12.3. The van der Waals surface area contributed by atoms with Gasteiger partial charge in [0.2, 0.25) is 11.8 Å². The number of amides is 2. The van der Waals surface area contributed by atoms with Gasteiger partial charge < -0.3 is 34.6 Å². The van der Waals surface area contributed by atoms with Crippen LogP contribution in [0.5, 0.6) is 0 Å². The molecule has 0 spiro atoms. The number of carbonyl (C=O) groups excluding carboxylic acids is 2. The van der Waals surface area contributed by atoms with Crippen molar-refractivity contribution < 1.29 is 24.2 Å². The Morgan fingerprint density at radius 3 is 1.54 bits per heavy atom. The molecular weight excluding hydrogens is 1170 g/mol. The maximum atomic E-state index is 11.3. The Bertz CT molecular complexity index is 2640. The second-order valence-electron chi connectivity index (χ2n) is 29.6. The van der Waals surface area contributed by atoms with E-state index < -0.39 is 0 Å². The van der Waals surface area contributed by atoms with Gasteiger partial charge in [-0.2, -0.15) is 0 Å². The van der Waals surface area contributed by atoms with Crippen molar-refractivity contribution in [3.05, 3.63) is 111 Å². The van der Waals surface area contributed by atoms with Gasteiger partial charge in [0, 0.05) is 118 Å². The summed E-state index contributed by atoms with van der Waals surface area (Å²) < 4.78 is 10.8. The molecule has 522 valence electrons. The summed E-state index contributed by atoms with van der Waals surface area (Å²) in [6, 6.07) is 17.9. The Morgan fingerprint density at radius 2 is 1.14 bits per heavy atom. The molecule has 1 aliphatic carbocycles. The largest absolute Gasteiger partial charge is 0.390 e. The van der Waals surface area contributed by atoms with Crippen LogP contribution in [0.2, 0.25) is 5.02 Å². The number of hydrogen-bond donors (Lipinski definition) is 2. The van der Waals surface area contributed by atoms with Gasteiger partial charge in [0.25, 0.3) is 0 Å². The van der Waals surface area contributed by atoms with Crippen molar-refractivity contribution in [2.45, 2.75) is 265 Å². The molecule has 0 unspecified atom stereocenters. The standard InChI is InChI=1S/C12H19N3.C11H22O.2C10H15N.C10H20O.C9H12ClN.C8H15NO2.C7H14N2O/c1-11(2)14-7-9-15(10-8-14)12-5-3-4-6-13-12;1-9(2)11(5)6-7-12-10(3,4)8-11;2*1-7(2)10-6-5-8(3)11-9(10)4;1-8(2)10(11)6-4-9(3)5-7-10;1-6(2)9-4-8(10)5-11-7(9)3;1-7(2)9-4-3-5-11-6-8(9)10;1-6(2)9-4-3-8-5-7(9)10/h3-6,11H,7-10H2,1-2H3;9H,6-8H2,1-5H3;2*5-7H,1-4H3;8-9,11H,4-7H2,1-3H3;4-6H,1-3H3;7H,3-6H2,1-2H3;6,8H,3-5H2,1-2H3/t;11-;;;;;;/m.0....../s1. The van der Waals surface area contributed by atoms with Crippen LogP contribution >= 0.6 is 11.6 Å². The predicted octanol–water partition coefficient (Wildman–Crippen LogP) is 16.7. The molecule has 9 rings (SSSR count). The minimum Gasteiger partial charge on any atom is -0.390 e. The van der Waals surface area contributed by atoms with Gasteiger partial charge in [0.05, 0.1) is 22.8 Å². The Balaban J connectivity index is 0.000000359. The highest BCUT2D eigenvalue weighted by molar-refractivity contribution is 6.30. The van der Waals surface area contributed by atoms with Crippen molar-refractivity contribution in [2.24, 2.45) is 23.2 Å². The van der Waals surface area contributed by atoms with Gasteiger partial charge >= 0.3 is 0 Å². The second-order valence-corrected chi connectivity index (χ2v) is 30.0. The van der Waals surface area contributed by atoms with Crippen LogP contribution < -0.4 is 10.2 Å². The molecule has 4 saturated heterocycles. The van der Waals surface area contributed by atoms with Crippen LogP contribution in [0, 0.1) is 57.8 Å². The minimum atomic E-state index is -0.341. The molecule has 92 heavy (non-hydrogen) atoms. The summed E-state index contributed by atoms with van der Waals surface area (Å²) in [7, 11) is 0. The summed E-state index contributed by atoms with van der Waals surface area (Å²) >= 11 is 5.80. The van der Waals surface area contributed by atoms with E-state index in [9.17, 15) is 14.7 Å². The summed E-state index contributed by atoms with van der Waals surface area (Å²) in [5, 5.41) is 13.8. The van der Waals surface area contributed by atoms with Crippen molar-refractivity contribution in [1.29, 1.82) is 0 Å². The fourth-order valence-electron chi connectivity index (χ4n) is 12.2. The van der Waals surface area contributed by atoms with Crippen molar-refractivity contribution >= 4 is 29.2 Å². The molecule has 8 heterocycles. The molecule has 4 aromatic heterocycles. The smallest absolute Gasteiger partial charge is 0.248 e. The topological polar surface area (TPSA) is 149 Å². The first-order valence-corrected chi connectivity index (χ1v) is 35.5. The van der Waals surface area contributed by atoms with E-state index in [-0.39, 0.29) is 29.6 Å². The Kier molecular flexibility index (Phi) is 37.6. The monoisotopic (exact) mass is 1300 g/mol. The molecule has 5 fully saturated rings. The third kappa shape index (κ3) is 30.4. The molecule has 15 heteroatoms. The average molecular weight is 1300 g/mol. The van der Waals surface area contributed by atoms with Crippen LogP contribution in [0.25, 0.3) is 0 Å². The fraction of sp³-hybridized carbons (Fsp3) is 0.714. The lowest BCUT2D eigenvalue weighted by Gasteiger charge is -2.45.